The number of nitrogens with zero attached hydrogens (tertiary/aromatic N) is 2. The van der Waals surface area contributed by atoms with E-state index in [0.717, 1.165) is 18.2 Å². The van der Waals surface area contributed by atoms with Crippen LogP contribution in [0.25, 0.3) is 0 Å². The number of carbonyl (C=O) groups is 2. The number of carbonyl (C=O) groups excluding carboxylic acids is 2. The SMILES string of the molecule is CNC(=O)c1cc(Oc2ccc(NC(=O)N(Cl)c3cccc(C(F)(F)F)c3)cc2)ccn1. The minimum atomic E-state index is -4.56. The molecular weight excluding hydrogens is 449 g/mol. The van der Waals surface area contributed by atoms with Gasteiger partial charge in [0.1, 0.15) is 17.2 Å². The van der Waals surface area contributed by atoms with Crippen molar-refractivity contribution in [3.8, 4) is 11.5 Å². The minimum Gasteiger partial charge on any atom is -0.457 e. The lowest BCUT2D eigenvalue weighted by atomic mass is 10.2. The summed E-state index contributed by atoms with van der Waals surface area (Å²) in [5, 5.41) is 4.94. The molecule has 3 aromatic rings. The number of alkyl halides is 3. The number of hydrogen-bond donors (Lipinski definition) is 2. The van der Waals surface area contributed by atoms with Crippen LogP contribution in [0.3, 0.4) is 0 Å². The van der Waals surface area contributed by atoms with E-state index in [1.165, 1.54) is 37.5 Å². The second kappa shape index (κ2) is 9.56. The molecule has 166 valence electrons. The zero-order valence-corrected chi connectivity index (χ0v) is 17.2. The highest BCUT2D eigenvalue weighted by Crippen LogP contribution is 2.32. The number of ether oxygens (including phenoxy) is 1. The highest BCUT2D eigenvalue weighted by atomic mass is 35.5. The van der Waals surface area contributed by atoms with E-state index >= 15 is 0 Å². The van der Waals surface area contributed by atoms with E-state index in [0.29, 0.717) is 21.6 Å². The van der Waals surface area contributed by atoms with Gasteiger partial charge in [0, 0.05) is 36.8 Å². The van der Waals surface area contributed by atoms with Gasteiger partial charge in [0.25, 0.3) is 5.91 Å². The summed E-state index contributed by atoms with van der Waals surface area (Å²) in [7, 11) is 1.49. The van der Waals surface area contributed by atoms with E-state index in [-0.39, 0.29) is 17.3 Å². The molecule has 7 nitrogen and oxygen atoms in total. The van der Waals surface area contributed by atoms with Crippen molar-refractivity contribution in [1.29, 1.82) is 0 Å². The van der Waals surface area contributed by atoms with Gasteiger partial charge in [-0.3, -0.25) is 9.78 Å². The number of anilines is 2. The molecule has 3 rings (SSSR count). The van der Waals surface area contributed by atoms with Crippen molar-refractivity contribution < 1.29 is 27.5 Å². The van der Waals surface area contributed by atoms with E-state index in [1.54, 1.807) is 18.2 Å². The van der Waals surface area contributed by atoms with E-state index in [1.807, 2.05) is 0 Å². The molecule has 0 unspecified atom stereocenters. The summed E-state index contributed by atoms with van der Waals surface area (Å²) in [4.78, 5) is 27.9. The van der Waals surface area contributed by atoms with E-state index in [9.17, 15) is 22.8 Å². The quantitative estimate of drug-likeness (QED) is 0.492. The third-order valence-electron chi connectivity index (χ3n) is 4.11. The lowest BCUT2D eigenvalue weighted by Crippen LogP contribution is -2.26. The van der Waals surface area contributed by atoms with Crippen LogP contribution in [0.1, 0.15) is 16.1 Å². The smallest absolute Gasteiger partial charge is 0.416 e. The van der Waals surface area contributed by atoms with Gasteiger partial charge in [0.15, 0.2) is 0 Å². The molecule has 2 aromatic carbocycles. The third kappa shape index (κ3) is 5.67. The Hall–Kier alpha value is -3.79. The molecule has 1 heterocycles. The molecule has 0 radical (unpaired) electrons. The molecule has 1 aromatic heterocycles. The molecule has 0 saturated carbocycles. The molecule has 0 atom stereocenters. The fourth-order valence-corrected chi connectivity index (χ4v) is 2.71. The highest BCUT2D eigenvalue weighted by molar-refractivity contribution is 6.38. The molecule has 0 aliphatic rings. The van der Waals surface area contributed by atoms with E-state index < -0.39 is 17.8 Å². The first kappa shape index (κ1) is 22.9. The monoisotopic (exact) mass is 464 g/mol. The van der Waals surface area contributed by atoms with Crippen LogP contribution < -0.4 is 19.8 Å². The summed E-state index contributed by atoms with van der Waals surface area (Å²) in [6, 6.07) is 12.4. The molecule has 0 bridgehead atoms. The van der Waals surface area contributed by atoms with Crippen molar-refractivity contribution >= 4 is 35.1 Å². The van der Waals surface area contributed by atoms with Gasteiger partial charge in [-0.25, -0.2) is 9.21 Å². The zero-order valence-electron chi connectivity index (χ0n) is 16.5. The Morgan fingerprint density at radius 3 is 2.41 bits per heavy atom. The number of benzene rings is 2. The lowest BCUT2D eigenvalue weighted by Gasteiger charge is -2.17. The minimum absolute atomic E-state index is 0.136. The highest BCUT2D eigenvalue weighted by Gasteiger charge is 2.31. The second-order valence-electron chi connectivity index (χ2n) is 6.34. The summed E-state index contributed by atoms with van der Waals surface area (Å²) in [6.45, 7) is 0. The summed E-state index contributed by atoms with van der Waals surface area (Å²) < 4.78 is 44.8. The first-order valence-corrected chi connectivity index (χ1v) is 9.41. The zero-order chi connectivity index (χ0) is 23.3. The van der Waals surface area contributed by atoms with Gasteiger partial charge in [0.05, 0.1) is 11.3 Å². The topological polar surface area (TPSA) is 83.6 Å². The Morgan fingerprint density at radius 2 is 1.75 bits per heavy atom. The van der Waals surface area contributed by atoms with Gasteiger partial charge >= 0.3 is 12.2 Å². The number of pyridine rings is 1. The summed E-state index contributed by atoms with van der Waals surface area (Å²) in [5.74, 6) is 0.435. The number of hydrogen-bond acceptors (Lipinski definition) is 4. The van der Waals surface area contributed by atoms with Crippen molar-refractivity contribution in [1.82, 2.24) is 10.3 Å². The number of nitrogens with one attached hydrogen (secondary N) is 2. The van der Waals surface area contributed by atoms with Crippen LogP contribution in [0.2, 0.25) is 0 Å². The molecule has 0 saturated heterocycles. The Bertz CT molecular complexity index is 1120. The molecule has 0 aliphatic heterocycles. The van der Waals surface area contributed by atoms with Crippen LogP contribution in [-0.4, -0.2) is 24.0 Å². The van der Waals surface area contributed by atoms with Crippen molar-refractivity contribution in [3.05, 3.63) is 78.1 Å². The van der Waals surface area contributed by atoms with Crippen LogP contribution in [0.15, 0.2) is 66.9 Å². The van der Waals surface area contributed by atoms with E-state index in [2.05, 4.69) is 15.6 Å². The Morgan fingerprint density at radius 1 is 1.03 bits per heavy atom. The van der Waals surface area contributed by atoms with Gasteiger partial charge in [-0.15, -0.1) is 0 Å². The average Bonchev–Trinajstić information content (AvgIpc) is 2.79. The fourth-order valence-electron chi connectivity index (χ4n) is 2.56. The van der Waals surface area contributed by atoms with Gasteiger partial charge in [0.2, 0.25) is 0 Å². The predicted molar refractivity (Wildman–Crippen MR) is 113 cm³/mol. The summed E-state index contributed by atoms with van der Waals surface area (Å²) in [5.41, 5.74) is -0.541. The maximum Gasteiger partial charge on any atom is 0.416 e. The number of urea groups is 1. The van der Waals surface area contributed by atoms with Crippen molar-refractivity contribution in [3.63, 3.8) is 0 Å². The largest absolute Gasteiger partial charge is 0.457 e. The Kier molecular flexibility index (Phi) is 6.84. The van der Waals surface area contributed by atoms with Crippen LogP contribution in [0.4, 0.5) is 29.3 Å². The number of aromatic nitrogens is 1. The first-order valence-electron chi connectivity index (χ1n) is 9.07. The maximum absolute atomic E-state index is 12.9. The molecule has 2 N–H and O–H groups in total. The van der Waals surface area contributed by atoms with Crippen LogP contribution >= 0.6 is 11.8 Å². The van der Waals surface area contributed by atoms with Gasteiger partial charge in [-0.05, 0) is 48.5 Å². The van der Waals surface area contributed by atoms with Gasteiger partial charge in [-0.2, -0.15) is 13.2 Å². The Balaban J connectivity index is 1.65. The third-order valence-corrected chi connectivity index (χ3v) is 4.46. The lowest BCUT2D eigenvalue weighted by molar-refractivity contribution is -0.137. The van der Waals surface area contributed by atoms with Gasteiger partial charge in [-0.1, -0.05) is 6.07 Å². The first-order chi connectivity index (χ1) is 15.2. The number of rotatable bonds is 5. The fraction of sp³-hybridized carbons (Fsp3) is 0.0952. The van der Waals surface area contributed by atoms with Crippen LogP contribution in [0.5, 0.6) is 11.5 Å². The van der Waals surface area contributed by atoms with Crippen molar-refractivity contribution in [2.75, 3.05) is 16.8 Å². The molecule has 0 aliphatic carbocycles. The molecular formula is C21H16ClF3N4O3. The molecule has 0 spiro atoms. The van der Waals surface area contributed by atoms with Crippen molar-refractivity contribution in [2.24, 2.45) is 0 Å². The number of amides is 3. The summed E-state index contributed by atoms with van der Waals surface area (Å²) >= 11 is 5.91. The Labute approximate surface area is 185 Å². The molecule has 3 amide bonds. The molecule has 0 fully saturated rings. The van der Waals surface area contributed by atoms with Gasteiger partial charge < -0.3 is 15.4 Å². The van der Waals surface area contributed by atoms with Crippen LogP contribution in [-0.2, 0) is 6.18 Å². The van der Waals surface area contributed by atoms with Crippen LogP contribution in [0, 0.1) is 0 Å². The number of halogens is 4. The summed E-state index contributed by atoms with van der Waals surface area (Å²) in [6.07, 6.45) is -3.13. The predicted octanol–water partition coefficient (Wildman–Crippen LogP) is 5.44. The maximum atomic E-state index is 12.9. The average molecular weight is 465 g/mol. The molecule has 11 heteroatoms. The van der Waals surface area contributed by atoms with Crippen molar-refractivity contribution in [2.45, 2.75) is 6.18 Å². The normalized spacial score (nSPS) is 10.9. The second-order valence-corrected chi connectivity index (χ2v) is 6.68. The van der Waals surface area contributed by atoms with E-state index in [4.69, 9.17) is 16.5 Å². The standard InChI is InChI=1S/C21H16ClF3N4O3/c1-26-19(30)18-12-17(9-10-27-18)32-16-7-5-14(6-8-16)28-20(31)29(22)15-4-2-3-13(11-15)21(23,24)25/h2-12H,1H3,(H,26,30)(H,28,31). The molecule has 32 heavy (non-hydrogen) atoms.